The minimum Gasteiger partial charge on any atom is -0.350 e. The first-order chi connectivity index (χ1) is 12.3. The molecular formula is C21H23ClN4. The molecule has 0 aliphatic heterocycles. The zero-order valence-electron chi connectivity index (χ0n) is 15.5. The van der Waals surface area contributed by atoms with Gasteiger partial charge in [0, 0.05) is 27.9 Å². The number of nitrogens with zero attached hydrogens (tertiary/aromatic N) is 2. The molecule has 0 spiro atoms. The van der Waals surface area contributed by atoms with Gasteiger partial charge < -0.3 is 10.6 Å². The van der Waals surface area contributed by atoms with Crippen LogP contribution in [0.5, 0.6) is 0 Å². The molecule has 0 bridgehead atoms. The Bertz CT molecular complexity index is 902. The number of aryl methyl sites for hydroxylation is 1. The first-order valence-corrected chi connectivity index (χ1v) is 8.94. The van der Waals surface area contributed by atoms with Gasteiger partial charge in [0.25, 0.3) is 0 Å². The third-order valence-electron chi connectivity index (χ3n) is 3.71. The van der Waals surface area contributed by atoms with Crippen LogP contribution in [0, 0.1) is 6.92 Å². The van der Waals surface area contributed by atoms with E-state index in [1.54, 1.807) is 0 Å². The predicted octanol–water partition coefficient (Wildman–Crippen LogP) is 6.06. The summed E-state index contributed by atoms with van der Waals surface area (Å²) < 4.78 is 0. The van der Waals surface area contributed by atoms with Gasteiger partial charge in [0.05, 0.1) is 5.69 Å². The molecule has 5 heteroatoms. The average Bonchev–Trinajstić information content (AvgIpc) is 2.57. The van der Waals surface area contributed by atoms with Gasteiger partial charge in [0.2, 0.25) is 5.95 Å². The van der Waals surface area contributed by atoms with Crippen molar-refractivity contribution in [3.05, 3.63) is 65.2 Å². The molecule has 0 amide bonds. The van der Waals surface area contributed by atoms with E-state index >= 15 is 0 Å². The monoisotopic (exact) mass is 366 g/mol. The largest absolute Gasteiger partial charge is 0.350 e. The van der Waals surface area contributed by atoms with Crippen molar-refractivity contribution in [3.63, 3.8) is 0 Å². The predicted molar refractivity (Wildman–Crippen MR) is 110 cm³/mol. The number of halogens is 1. The highest BCUT2D eigenvalue weighted by atomic mass is 35.5. The molecule has 2 N–H and O–H groups in total. The van der Waals surface area contributed by atoms with Gasteiger partial charge in [0.1, 0.15) is 5.82 Å². The minimum absolute atomic E-state index is 0.135. The molecule has 0 radical (unpaired) electrons. The van der Waals surface area contributed by atoms with Crippen molar-refractivity contribution in [2.24, 2.45) is 0 Å². The molecule has 0 unspecified atom stereocenters. The van der Waals surface area contributed by atoms with Crippen LogP contribution < -0.4 is 10.6 Å². The lowest BCUT2D eigenvalue weighted by atomic mass is 10.1. The van der Waals surface area contributed by atoms with Crippen molar-refractivity contribution in [3.8, 4) is 11.3 Å². The molecule has 3 rings (SSSR count). The summed E-state index contributed by atoms with van der Waals surface area (Å²) >= 11 is 6.12. The lowest BCUT2D eigenvalue weighted by Crippen LogP contribution is -2.27. The van der Waals surface area contributed by atoms with Crippen molar-refractivity contribution < 1.29 is 0 Å². The van der Waals surface area contributed by atoms with Gasteiger partial charge >= 0.3 is 0 Å². The number of anilines is 3. The van der Waals surface area contributed by atoms with Gasteiger partial charge in [-0.15, -0.1) is 0 Å². The van der Waals surface area contributed by atoms with E-state index in [1.165, 1.54) is 0 Å². The van der Waals surface area contributed by atoms with Crippen molar-refractivity contribution >= 4 is 29.1 Å². The molecule has 0 aliphatic rings. The smallest absolute Gasteiger partial charge is 0.225 e. The highest BCUT2D eigenvalue weighted by molar-refractivity contribution is 6.31. The van der Waals surface area contributed by atoms with Crippen LogP contribution >= 0.6 is 11.6 Å². The molecule has 134 valence electrons. The number of hydrogen-bond donors (Lipinski definition) is 2. The van der Waals surface area contributed by atoms with Gasteiger partial charge in [-0.25, -0.2) is 4.98 Å². The summed E-state index contributed by atoms with van der Waals surface area (Å²) in [4.78, 5) is 9.30. The Morgan fingerprint density at radius 1 is 0.923 bits per heavy atom. The maximum Gasteiger partial charge on any atom is 0.225 e. The second-order valence-electron chi connectivity index (χ2n) is 7.29. The van der Waals surface area contributed by atoms with Gasteiger partial charge in [-0.2, -0.15) is 4.98 Å². The lowest BCUT2D eigenvalue weighted by molar-refractivity contribution is 0.626. The maximum absolute atomic E-state index is 6.12. The molecule has 4 nitrogen and oxygen atoms in total. The molecule has 1 heterocycles. The standard InChI is InChI=1S/C21H23ClN4/c1-14-12-16(10-11-17(14)22)23-19-13-18(15-8-6-5-7-9-15)24-20(25-19)26-21(2,3)4/h5-13H,1-4H3,(H2,23,24,25,26). The van der Waals surface area contributed by atoms with E-state index in [0.717, 1.165) is 33.3 Å². The summed E-state index contributed by atoms with van der Waals surface area (Å²) in [5.74, 6) is 1.32. The van der Waals surface area contributed by atoms with Crippen LogP contribution in [0.2, 0.25) is 5.02 Å². The fourth-order valence-electron chi connectivity index (χ4n) is 2.53. The molecule has 3 aromatic rings. The summed E-state index contributed by atoms with van der Waals surface area (Å²) in [5.41, 5.74) is 3.72. The third-order valence-corrected chi connectivity index (χ3v) is 4.14. The van der Waals surface area contributed by atoms with E-state index in [-0.39, 0.29) is 5.54 Å². The van der Waals surface area contributed by atoms with Gasteiger partial charge in [-0.1, -0.05) is 41.9 Å². The van der Waals surface area contributed by atoms with E-state index in [4.69, 9.17) is 11.6 Å². The van der Waals surface area contributed by atoms with Crippen LogP contribution in [0.4, 0.5) is 17.5 Å². The molecule has 0 saturated carbocycles. The van der Waals surface area contributed by atoms with Crippen LogP contribution in [0.15, 0.2) is 54.6 Å². The van der Waals surface area contributed by atoms with E-state index in [1.807, 2.05) is 61.5 Å². The van der Waals surface area contributed by atoms with E-state index in [2.05, 4.69) is 41.4 Å². The molecular weight excluding hydrogens is 344 g/mol. The maximum atomic E-state index is 6.12. The summed E-state index contributed by atoms with van der Waals surface area (Å²) in [6.45, 7) is 8.24. The number of nitrogens with one attached hydrogen (secondary N) is 2. The molecule has 0 aliphatic carbocycles. The molecule has 0 fully saturated rings. The second kappa shape index (κ2) is 7.34. The normalized spacial score (nSPS) is 11.3. The third kappa shape index (κ3) is 4.73. The number of aromatic nitrogens is 2. The molecule has 0 saturated heterocycles. The Morgan fingerprint density at radius 3 is 2.31 bits per heavy atom. The van der Waals surface area contributed by atoms with Crippen LogP contribution in [-0.2, 0) is 0 Å². The Hall–Kier alpha value is -2.59. The van der Waals surface area contributed by atoms with Crippen molar-refractivity contribution in [2.75, 3.05) is 10.6 Å². The first kappa shape index (κ1) is 18.2. The Balaban J connectivity index is 2.00. The zero-order valence-corrected chi connectivity index (χ0v) is 16.2. The fourth-order valence-corrected chi connectivity index (χ4v) is 2.65. The molecule has 0 atom stereocenters. The second-order valence-corrected chi connectivity index (χ2v) is 7.70. The molecule has 1 aromatic heterocycles. The average molecular weight is 367 g/mol. The summed E-state index contributed by atoms with van der Waals surface area (Å²) in [6, 6.07) is 17.9. The number of benzene rings is 2. The van der Waals surface area contributed by atoms with Crippen LogP contribution in [0.3, 0.4) is 0 Å². The Labute approximate surface area is 159 Å². The van der Waals surface area contributed by atoms with Crippen molar-refractivity contribution in [1.29, 1.82) is 0 Å². The van der Waals surface area contributed by atoms with E-state index in [9.17, 15) is 0 Å². The highest BCUT2D eigenvalue weighted by Crippen LogP contribution is 2.26. The lowest BCUT2D eigenvalue weighted by Gasteiger charge is -2.21. The van der Waals surface area contributed by atoms with Crippen LogP contribution in [0.1, 0.15) is 26.3 Å². The Kier molecular flexibility index (Phi) is 5.14. The highest BCUT2D eigenvalue weighted by Gasteiger charge is 2.14. The zero-order chi connectivity index (χ0) is 18.7. The van der Waals surface area contributed by atoms with Gasteiger partial charge in [0.15, 0.2) is 0 Å². The Morgan fingerprint density at radius 2 is 1.65 bits per heavy atom. The summed E-state index contributed by atoms with van der Waals surface area (Å²) in [5, 5.41) is 7.46. The van der Waals surface area contributed by atoms with E-state index in [0.29, 0.717) is 5.95 Å². The SMILES string of the molecule is Cc1cc(Nc2cc(-c3ccccc3)nc(NC(C)(C)C)n2)ccc1Cl. The topological polar surface area (TPSA) is 49.8 Å². The van der Waals surface area contributed by atoms with Crippen LogP contribution in [-0.4, -0.2) is 15.5 Å². The molecule has 26 heavy (non-hydrogen) atoms. The fraction of sp³-hybridized carbons (Fsp3) is 0.238. The molecule has 2 aromatic carbocycles. The summed E-state index contributed by atoms with van der Waals surface area (Å²) in [6.07, 6.45) is 0. The first-order valence-electron chi connectivity index (χ1n) is 8.56. The quantitative estimate of drug-likeness (QED) is 0.589. The number of rotatable bonds is 4. The number of hydrogen-bond acceptors (Lipinski definition) is 4. The van der Waals surface area contributed by atoms with E-state index < -0.39 is 0 Å². The van der Waals surface area contributed by atoms with Crippen molar-refractivity contribution in [1.82, 2.24) is 9.97 Å². The van der Waals surface area contributed by atoms with Crippen LogP contribution in [0.25, 0.3) is 11.3 Å². The minimum atomic E-state index is -0.135. The van der Waals surface area contributed by atoms with Gasteiger partial charge in [-0.05, 0) is 51.5 Å². The van der Waals surface area contributed by atoms with Crippen molar-refractivity contribution in [2.45, 2.75) is 33.2 Å². The van der Waals surface area contributed by atoms with Gasteiger partial charge in [-0.3, -0.25) is 0 Å². The summed E-state index contributed by atoms with van der Waals surface area (Å²) in [7, 11) is 0.